The average molecular weight is 276 g/mol. The summed E-state index contributed by atoms with van der Waals surface area (Å²) >= 11 is 0. The standard InChI is InChI=1S/C12H24N2O3S/c1-11(2)12(15)9-14(10-12)18(16,17)13-7-5-3-4-6-8-13/h11,15H,3-10H2,1-2H3. The Kier molecular flexibility index (Phi) is 4.02. The first-order chi connectivity index (χ1) is 8.36. The van der Waals surface area contributed by atoms with Gasteiger partial charge in [0.2, 0.25) is 0 Å². The Hall–Kier alpha value is -0.170. The maximum atomic E-state index is 12.4. The zero-order valence-corrected chi connectivity index (χ0v) is 12.1. The normalized spacial score (nSPS) is 26.9. The van der Waals surface area contributed by atoms with Crippen molar-refractivity contribution in [1.29, 1.82) is 0 Å². The second-order valence-corrected chi connectivity index (χ2v) is 7.78. The molecule has 5 nitrogen and oxygen atoms in total. The lowest BCUT2D eigenvalue weighted by molar-refractivity contribution is -0.0950. The molecule has 0 aromatic heterocycles. The van der Waals surface area contributed by atoms with E-state index in [1.54, 1.807) is 4.31 Å². The summed E-state index contributed by atoms with van der Waals surface area (Å²) in [6, 6.07) is 0. The molecule has 0 bridgehead atoms. The van der Waals surface area contributed by atoms with Gasteiger partial charge in [0.1, 0.15) is 0 Å². The van der Waals surface area contributed by atoms with Crippen LogP contribution in [-0.2, 0) is 10.2 Å². The minimum atomic E-state index is -3.35. The number of aliphatic hydroxyl groups is 1. The van der Waals surface area contributed by atoms with Crippen LogP contribution >= 0.6 is 0 Å². The van der Waals surface area contributed by atoms with E-state index in [0.717, 1.165) is 25.7 Å². The van der Waals surface area contributed by atoms with E-state index in [9.17, 15) is 13.5 Å². The van der Waals surface area contributed by atoms with Gasteiger partial charge in [-0.25, -0.2) is 0 Å². The smallest absolute Gasteiger partial charge is 0.282 e. The molecule has 0 atom stereocenters. The van der Waals surface area contributed by atoms with Gasteiger partial charge >= 0.3 is 0 Å². The van der Waals surface area contributed by atoms with E-state index >= 15 is 0 Å². The molecule has 0 saturated carbocycles. The molecule has 0 spiro atoms. The Morgan fingerprint density at radius 1 is 1.00 bits per heavy atom. The molecule has 0 aliphatic carbocycles. The Morgan fingerprint density at radius 3 is 1.94 bits per heavy atom. The first-order valence-electron chi connectivity index (χ1n) is 6.84. The van der Waals surface area contributed by atoms with Crippen LogP contribution in [0.3, 0.4) is 0 Å². The van der Waals surface area contributed by atoms with E-state index in [0.29, 0.717) is 13.1 Å². The first-order valence-corrected chi connectivity index (χ1v) is 8.23. The molecule has 0 aromatic carbocycles. The SMILES string of the molecule is CC(C)C1(O)CN(S(=O)(=O)N2CCCCCC2)C1. The monoisotopic (exact) mass is 276 g/mol. The van der Waals surface area contributed by atoms with E-state index in [-0.39, 0.29) is 19.0 Å². The van der Waals surface area contributed by atoms with Crippen LogP contribution in [0.4, 0.5) is 0 Å². The van der Waals surface area contributed by atoms with Gasteiger partial charge in [0.05, 0.1) is 5.60 Å². The van der Waals surface area contributed by atoms with Crippen LogP contribution in [-0.4, -0.2) is 53.9 Å². The molecular weight excluding hydrogens is 252 g/mol. The van der Waals surface area contributed by atoms with Crippen LogP contribution in [0.25, 0.3) is 0 Å². The van der Waals surface area contributed by atoms with Crippen molar-refractivity contribution in [3.63, 3.8) is 0 Å². The maximum Gasteiger partial charge on any atom is 0.282 e. The Morgan fingerprint density at radius 2 is 1.50 bits per heavy atom. The largest absolute Gasteiger partial charge is 0.387 e. The number of hydrogen-bond acceptors (Lipinski definition) is 3. The zero-order chi connectivity index (χ0) is 13.4. The lowest BCUT2D eigenvalue weighted by atomic mass is 9.85. The summed E-state index contributed by atoms with van der Waals surface area (Å²) in [4.78, 5) is 0. The van der Waals surface area contributed by atoms with Gasteiger partial charge in [-0.3, -0.25) is 0 Å². The Bertz CT molecular complexity index is 380. The highest BCUT2D eigenvalue weighted by Gasteiger charge is 2.50. The highest BCUT2D eigenvalue weighted by molar-refractivity contribution is 7.86. The first kappa shape index (κ1) is 14.2. The van der Waals surface area contributed by atoms with Gasteiger partial charge in [-0.15, -0.1) is 0 Å². The van der Waals surface area contributed by atoms with Crippen molar-refractivity contribution in [2.45, 2.75) is 45.1 Å². The molecule has 0 radical (unpaired) electrons. The van der Waals surface area contributed by atoms with Gasteiger partial charge in [0.15, 0.2) is 0 Å². The predicted octanol–water partition coefficient (Wildman–Crippen LogP) is 0.810. The predicted molar refractivity (Wildman–Crippen MR) is 70.3 cm³/mol. The molecule has 18 heavy (non-hydrogen) atoms. The van der Waals surface area contributed by atoms with Crippen LogP contribution < -0.4 is 0 Å². The van der Waals surface area contributed by atoms with Crippen LogP contribution in [0.1, 0.15) is 39.5 Å². The van der Waals surface area contributed by atoms with E-state index in [1.807, 2.05) is 13.8 Å². The third-order valence-electron chi connectivity index (χ3n) is 4.19. The van der Waals surface area contributed by atoms with Crippen molar-refractivity contribution in [3.05, 3.63) is 0 Å². The zero-order valence-electron chi connectivity index (χ0n) is 11.3. The molecule has 2 saturated heterocycles. The van der Waals surface area contributed by atoms with Crippen molar-refractivity contribution < 1.29 is 13.5 Å². The minimum Gasteiger partial charge on any atom is -0.387 e. The number of rotatable bonds is 3. The molecule has 0 aromatic rings. The highest BCUT2D eigenvalue weighted by atomic mass is 32.2. The molecular formula is C12H24N2O3S. The van der Waals surface area contributed by atoms with E-state index in [1.165, 1.54) is 4.31 Å². The summed E-state index contributed by atoms with van der Waals surface area (Å²) in [5, 5.41) is 10.2. The molecule has 6 heteroatoms. The summed E-state index contributed by atoms with van der Waals surface area (Å²) in [6.45, 7) is 5.58. The van der Waals surface area contributed by atoms with Gasteiger partial charge in [-0.1, -0.05) is 26.7 Å². The summed E-state index contributed by atoms with van der Waals surface area (Å²) in [6.07, 6.45) is 4.12. The Balaban J connectivity index is 2.00. The molecule has 2 aliphatic rings. The summed E-state index contributed by atoms with van der Waals surface area (Å²) in [7, 11) is -3.35. The third kappa shape index (κ3) is 2.57. The van der Waals surface area contributed by atoms with E-state index < -0.39 is 15.8 Å². The molecule has 0 unspecified atom stereocenters. The van der Waals surface area contributed by atoms with Gasteiger partial charge in [0.25, 0.3) is 10.2 Å². The van der Waals surface area contributed by atoms with Crippen LogP contribution in [0, 0.1) is 5.92 Å². The second kappa shape index (κ2) is 5.07. The van der Waals surface area contributed by atoms with Crippen molar-refractivity contribution in [2.24, 2.45) is 5.92 Å². The fourth-order valence-corrected chi connectivity index (χ4v) is 4.35. The number of hydrogen-bond donors (Lipinski definition) is 1. The Labute approximate surface area is 110 Å². The maximum absolute atomic E-state index is 12.4. The van der Waals surface area contributed by atoms with Crippen molar-refractivity contribution in [3.8, 4) is 0 Å². The average Bonchev–Trinajstić information content (AvgIpc) is 2.52. The number of β-amino-alcohol motifs (C(OH)–C–C–N with tert-alkyl or cyclic N) is 1. The second-order valence-electron chi connectivity index (χ2n) is 5.85. The molecule has 2 heterocycles. The van der Waals surface area contributed by atoms with Gasteiger partial charge in [-0.2, -0.15) is 17.0 Å². The van der Waals surface area contributed by atoms with Gasteiger partial charge < -0.3 is 5.11 Å². The van der Waals surface area contributed by atoms with Crippen molar-refractivity contribution in [1.82, 2.24) is 8.61 Å². The molecule has 1 N–H and O–H groups in total. The van der Waals surface area contributed by atoms with Gasteiger partial charge in [0, 0.05) is 26.2 Å². The third-order valence-corrected chi connectivity index (χ3v) is 6.12. The summed E-state index contributed by atoms with van der Waals surface area (Å²) in [5.41, 5.74) is -0.834. The molecule has 106 valence electrons. The van der Waals surface area contributed by atoms with E-state index in [2.05, 4.69) is 0 Å². The minimum absolute atomic E-state index is 0.0908. The van der Waals surface area contributed by atoms with Gasteiger partial charge in [-0.05, 0) is 18.8 Å². The topological polar surface area (TPSA) is 60.9 Å². The fraction of sp³-hybridized carbons (Fsp3) is 1.00. The summed E-state index contributed by atoms with van der Waals surface area (Å²) in [5.74, 6) is 0.0908. The van der Waals surface area contributed by atoms with Crippen molar-refractivity contribution >= 4 is 10.2 Å². The van der Waals surface area contributed by atoms with Crippen molar-refractivity contribution in [2.75, 3.05) is 26.2 Å². The fourth-order valence-electron chi connectivity index (χ4n) is 2.53. The number of nitrogens with zero attached hydrogens (tertiary/aromatic N) is 2. The molecule has 2 aliphatic heterocycles. The molecule has 2 rings (SSSR count). The lowest BCUT2D eigenvalue weighted by Gasteiger charge is -2.49. The quantitative estimate of drug-likeness (QED) is 0.830. The van der Waals surface area contributed by atoms with Crippen LogP contribution in [0.2, 0.25) is 0 Å². The highest BCUT2D eigenvalue weighted by Crippen LogP contribution is 2.32. The van der Waals surface area contributed by atoms with E-state index in [4.69, 9.17) is 0 Å². The summed E-state index contributed by atoms with van der Waals surface area (Å²) < 4.78 is 27.7. The molecule has 2 fully saturated rings. The molecule has 0 amide bonds. The van der Waals surface area contributed by atoms with Crippen LogP contribution in [0.15, 0.2) is 0 Å². The lowest BCUT2D eigenvalue weighted by Crippen LogP contribution is -2.67. The van der Waals surface area contributed by atoms with Crippen LogP contribution in [0.5, 0.6) is 0 Å².